The van der Waals surface area contributed by atoms with Crippen molar-refractivity contribution in [2.24, 2.45) is 5.73 Å². The molecular weight excluding hydrogens is 323 g/mol. The normalized spacial score (nSPS) is 16.8. The van der Waals surface area contributed by atoms with E-state index >= 15 is 0 Å². The molecule has 1 aromatic carbocycles. The molecule has 2 rings (SSSR count). The van der Waals surface area contributed by atoms with Crippen LogP contribution in [0.5, 0.6) is 0 Å². The van der Waals surface area contributed by atoms with Crippen LogP contribution in [0.4, 0.5) is 13.2 Å². The van der Waals surface area contributed by atoms with E-state index in [0.717, 1.165) is 12.1 Å². The topological polar surface area (TPSA) is 75.4 Å². The predicted molar refractivity (Wildman–Crippen MR) is 81.9 cm³/mol. The summed E-state index contributed by atoms with van der Waals surface area (Å²) in [5.74, 6) is -0.595. The molecule has 24 heavy (non-hydrogen) atoms. The number of halogens is 3. The van der Waals surface area contributed by atoms with Gasteiger partial charge in [-0.15, -0.1) is 0 Å². The molecule has 0 unspecified atom stereocenters. The maximum Gasteiger partial charge on any atom is 0.416 e. The second-order valence-electron chi connectivity index (χ2n) is 5.96. The first-order valence-corrected chi connectivity index (χ1v) is 7.70. The first-order chi connectivity index (χ1) is 11.2. The summed E-state index contributed by atoms with van der Waals surface area (Å²) >= 11 is 0. The highest BCUT2D eigenvalue weighted by molar-refractivity contribution is 5.79. The zero-order valence-corrected chi connectivity index (χ0v) is 13.1. The molecular formula is C16H20F3N3O2. The lowest BCUT2D eigenvalue weighted by atomic mass is 10.0. The third-order valence-electron chi connectivity index (χ3n) is 3.98. The highest BCUT2D eigenvalue weighted by atomic mass is 19.4. The minimum atomic E-state index is -4.38. The van der Waals surface area contributed by atoms with Crippen molar-refractivity contribution >= 4 is 11.8 Å². The monoisotopic (exact) mass is 343 g/mol. The maximum atomic E-state index is 12.5. The van der Waals surface area contributed by atoms with E-state index in [1.54, 1.807) is 0 Å². The average Bonchev–Trinajstić information content (AvgIpc) is 2.48. The second kappa shape index (κ2) is 7.65. The molecule has 2 amide bonds. The zero-order chi connectivity index (χ0) is 17.7. The molecule has 132 valence electrons. The molecule has 1 aromatic rings. The van der Waals surface area contributed by atoms with Crippen molar-refractivity contribution in [2.75, 3.05) is 19.6 Å². The molecule has 1 heterocycles. The quantitative estimate of drug-likeness (QED) is 0.847. The summed E-state index contributed by atoms with van der Waals surface area (Å²) in [6.07, 6.45) is -2.91. The first kappa shape index (κ1) is 18.3. The standard InChI is InChI=1S/C16H20F3N3O2/c17-16(18,19)12-3-1-11(2-4-12)9-15(24)21-13-5-7-22(8-6-13)10-14(20)23/h1-4,13H,5-10H2,(H2,20,23)(H,21,24). The van der Waals surface area contributed by atoms with Gasteiger partial charge >= 0.3 is 6.18 Å². The Labute approximate surface area is 138 Å². The number of nitrogens with one attached hydrogen (secondary N) is 1. The number of piperidine rings is 1. The van der Waals surface area contributed by atoms with Crippen molar-refractivity contribution < 1.29 is 22.8 Å². The van der Waals surface area contributed by atoms with Crippen molar-refractivity contribution in [1.29, 1.82) is 0 Å². The molecule has 8 heteroatoms. The van der Waals surface area contributed by atoms with Crippen LogP contribution < -0.4 is 11.1 Å². The van der Waals surface area contributed by atoms with Crippen LogP contribution in [0.1, 0.15) is 24.0 Å². The Hall–Kier alpha value is -2.09. The van der Waals surface area contributed by atoms with Gasteiger partial charge in [0.15, 0.2) is 0 Å². The number of nitrogens with zero attached hydrogens (tertiary/aromatic N) is 1. The fraction of sp³-hybridized carbons (Fsp3) is 0.500. The summed E-state index contributed by atoms with van der Waals surface area (Å²) in [5, 5.41) is 2.88. The average molecular weight is 343 g/mol. The Bertz CT molecular complexity index is 579. The van der Waals surface area contributed by atoms with E-state index in [1.165, 1.54) is 12.1 Å². The van der Waals surface area contributed by atoms with Gasteiger partial charge in [-0.1, -0.05) is 12.1 Å². The van der Waals surface area contributed by atoms with Gasteiger partial charge in [0.1, 0.15) is 0 Å². The van der Waals surface area contributed by atoms with Crippen LogP contribution in [0.15, 0.2) is 24.3 Å². The van der Waals surface area contributed by atoms with Gasteiger partial charge in [0.25, 0.3) is 0 Å². The van der Waals surface area contributed by atoms with E-state index in [9.17, 15) is 22.8 Å². The van der Waals surface area contributed by atoms with Gasteiger partial charge in [0.05, 0.1) is 18.5 Å². The molecule has 0 bridgehead atoms. The van der Waals surface area contributed by atoms with Crippen molar-refractivity contribution in [2.45, 2.75) is 31.5 Å². The van der Waals surface area contributed by atoms with Gasteiger partial charge in [0, 0.05) is 19.1 Å². The molecule has 0 spiro atoms. The van der Waals surface area contributed by atoms with E-state index in [0.29, 0.717) is 31.5 Å². The smallest absolute Gasteiger partial charge is 0.369 e. The minimum absolute atomic E-state index is 0.0103. The van der Waals surface area contributed by atoms with E-state index < -0.39 is 11.7 Å². The number of hydrogen-bond donors (Lipinski definition) is 2. The number of rotatable bonds is 5. The second-order valence-corrected chi connectivity index (χ2v) is 5.96. The zero-order valence-electron chi connectivity index (χ0n) is 13.1. The van der Waals surface area contributed by atoms with E-state index in [2.05, 4.69) is 5.32 Å². The predicted octanol–water partition coefficient (Wildman–Crippen LogP) is 1.31. The summed E-state index contributed by atoms with van der Waals surface area (Å²) in [6, 6.07) is 4.60. The molecule has 0 saturated carbocycles. The summed E-state index contributed by atoms with van der Waals surface area (Å²) in [7, 11) is 0. The third kappa shape index (κ3) is 5.52. The number of amides is 2. The lowest BCUT2D eigenvalue weighted by molar-refractivity contribution is -0.137. The number of carbonyl (C=O) groups excluding carboxylic acids is 2. The molecule has 5 nitrogen and oxygen atoms in total. The number of primary amides is 1. The molecule has 3 N–H and O–H groups in total. The number of likely N-dealkylation sites (tertiary alicyclic amines) is 1. The lowest BCUT2D eigenvalue weighted by Crippen LogP contribution is -2.47. The first-order valence-electron chi connectivity index (χ1n) is 7.70. The Morgan fingerprint density at radius 3 is 2.25 bits per heavy atom. The van der Waals surface area contributed by atoms with Crippen molar-refractivity contribution in [1.82, 2.24) is 10.2 Å². The van der Waals surface area contributed by atoms with E-state index in [1.807, 2.05) is 4.90 Å². The molecule has 0 aliphatic carbocycles. The van der Waals surface area contributed by atoms with Gasteiger partial charge in [-0.05, 0) is 30.5 Å². The van der Waals surface area contributed by atoms with Gasteiger partial charge in [-0.2, -0.15) is 13.2 Å². The molecule has 1 aliphatic rings. The van der Waals surface area contributed by atoms with Gasteiger partial charge in [-0.3, -0.25) is 14.5 Å². The fourth-order valence-corrected chi connectivity index (χ4v) is 2.73. The lowest BCUT2D eigenvalue weighted by Gasteiger charge is -2.31. The molecule has 1 aliphatic heterocycles. The van der Waals surface area contributed by atoms with Gasteiger partial charge < -0.3 is 11.1 Å². The third-order valence-corrected chi connectivity index (χ3v) is 3.98. The molecule has 0 atom stereocenters. The summed E-state index contributed by atoms with van der Waals surface area (Å²) < 4.78 is 37.5. The van der Waals surface area contributed by atoms with Crippen LogP contribution in [0.3, 0.4) is 0 Å². The molecule has 0 aromatic heterocycles. The van der Waals surface area contributed by atoms with Gasteiger partial charge in [-0.25, -0.2) is 0 Å². The highest BCUT2D eigenvalue weighted by Crippen LogP contribution is 2.29. The van der Waals surface area contributed by atoms with Crippen LogP contribution in [0.2, 0.25) is 0 Å². The van der Waals surface area contributed by atoms with Crippen LogP contribution in [0.25, 0.3) is 0 Å². The summed E-state index contributed by atoms with van der Waals surface area (Å²) in [6.45, 7) is 1.56. The number of hydrogen-bond acceptors (Lipinski definition) is 3. The number of benzene rings is 1. The van der Waals surface area contributed by atoms with Gasteiger partial charge in [0.2, 0.25) is 11.8 Å². The SMILES string of the molecule is NC(=O)CN1CCC(NC(=O)Cc2ccc(C(F)(F)F)cc2)CC1. The summed E-state index contributed by atoms with van der Waals surface area (Å²) in [4.78, 5) is 24.8. The Morgan fingerprint density at radius 1 is 1.17 bits per heavy atom. The number of alkyl halides is 3. The summed E-state index contributed by atoms with van der Waals surface area (Å²) in [5.41, 5.74) is 4.95. The Morgan fingerprint density at radius 2 is 1.75 bits per heavy atom. The molecule has 1 fully saturated rings. The minimum Gasteiger partial charge on any atom is -0.369 e. The largest absolute Gasteiger partial charge is 0.416 e. The van der Waals surface area contributed by atoms with Crippen molar-refractivity contribution in [3.8, 4) is 0 Å². The van der Waals surface area contributed by atoms with E-state index in [-0.39, 0.29) is 30.8 Å². The Balaban J connectivity index is 1.79. The van der Waals surface area contributed by atoms with E-state index in [4.69, 9.17) is 5.73 Å². The number of carbonyl (C=O) groups is 2. The van der Waals surface area contributed by atoms with Crippen molar-refractivity contribution in [3.05, 3.63) is 35.4 Å². The highest BCUT2D eigenvalue weighted by Gasteiger charge is 2.30. The Kier molecular flexibility index (Phi) is 5.82. The van der Waals surface area contributed by atoms with Crippen LogP contribution >= 0.6 is 0 Å². The van der Waals surface area contributed by atoms with Crippen LogP contribution in [0, 0.1) is 0 Å². The maximum absolute atomic E-state index is 12.5. The molecule has 0 radical (unpaired) electrons. The van der Waals surface area contributed by atoms with Crippen LogP contribution in [-0.4, -0.2) is 42.4 Å². The number of nitrogens with two attached hydrogens (primary N) is 1. The van der Waals surface area contributed by atoms with Crippen molar-refractivity contribution in [3.63, 3.8) is 0 Å². The van der Waals surface area contributed by atoms with Crippen LogP contribution in [-0.2, 0) is 22.2 Å². The molecule has 1 saturated heterocycles. The fourth-order valence-electron chi connectivity index (χ4n) is 2.73.